The monoisotopic (exact) mass is 272 g/mol. The van der Waals surface area contributed by atoms with Gasteiger partial charge in [0.1, 0.15) is 0 Å². The van der Waals surface area contributed by atoms with Crippen molar-refractivity contribution in [3.8, 4) is 0 Å². The molecule has 6 heteroatoms. The highest BCUT2D eigenvalue weighted by Crippen LogP contribution is 2.46. The topological polar surface area (TPSA) is 64.8 Å². The van der Waals surface area contributed by atoms with Crippen LogP contribution in [0.4, 0.5) is 0 Å². The first-order valence-electron chi connectivity index (χ1n) is 6.72. The predicted molar refractivity (Wildman–Crippen MR) is 66.6 cm³/mol. The maximum absolute atomic E-state index is 11.6. The van der Waals surface area contributed by atoms with Gasteiger partial charge in [-0.05, 0) is 17.6 Å². The molecule has 108 valence electrons. The first kappa shape index (κ1) is 14.4. The van der Waals surface area contributed by atoms with Crippen LogP contribution in [-0.4, -0.2) is 50.4 Å². The van der Waals surface area contributed by atoms with Gasteiger partial charge in [-0.1, -0.05) is 0 Å². The summed E-state index contributed by atoms with van der Waals surface area (Å²) in [5.74, 6) is -0.729. The molecular weight excluding hydrogens is 250 g/mol. The standard InChI is InChI=1S/C13H22NO5/c1-14(16)10-12(9-11(15)17-2)3-5-13(6-4-12)18-7-8-19-13/h3-10H2,1-2H3/q+1. The SMILES string of the molecule is COC(=O)CC1(C[N+](C)=O)CCC2(CC1)OCCO2. The Hall–Kier alpha value is -1.01. The Bertz CT molecular complexity index is 352. The highest BCUT2D eigenvalue weighted by atomic mass is 16.7. The first-order chi connectivity index (χ1) is 8.99. The summed E-state index contributed by atoms with van der Waals surface area (Å²) < 4.78 is 17.0. The molecule has 2 fully saturated rings. The van der Waals surface area contributed by atoms with Gasteiger partial charge in [0.15, 0.2) is 19.4 Å². The van der Waals surface area contributed by atoms with Crippen molar-refractivity contribution in [2.75, 3.05) is 33.9 Å². The lowest BCUT2D eigenvalue weighted by atomic mass is 9.69. The van der Waals surface area contributed by atoms with Crippen molar-refractivity contribution in [2.24, 2.45) is 5.41 Å². The van der Waals surface area contributed by atoms with E-state index >= 15 is 0 Å². The van der Waals surface area contributed by atoms with Crippen LogP contribution in [0, 0.1) is 10.3 Å². The van der Waals surface area contributed by atoms with Gasteiger partial charge in [-0.3, -0.25) is 4.79 Å². The second-order valence-electron chi connectivity index (χ2n) is 5.65. The number of hydrogen-bond acceptors (Lipinski definition) is 5. The van der Waals surface area contributed by atoms with Crippen LogP contribution in [0.15, 0.2) is 0 Å². The number of rotatable bonds is 4. The second-order valence-corrected chi connectivity index (χ2v) is 5.65. The molecule has 1 aliphatic heterocycles. The minimum Gasteiger partial charge on any atom is -0.469 e. The number of carbonyl (C=O) groups excluding carboxylic acids is 1. The van der Waals surface area contributed by atoms with Crippen molar-refractivity contribution in [2.45, 2.75) is 37.9 Å². The maximum Gasteiger partial charge on any atom is 0.306 e. The molecule has 0 bridgehead atoms. The Morgan fingerprint density at radius 2 is 1.79 bits per heavy atom. The fourth-order valence-corrected chi connectivity index (χ4v) is 3.19. The number of hydrogen-bond donors (Lipinski definition) is 0. The number of carbonyl (C=O) groups is 1. The van der Waals surface area contributed by atoms with E-state index in [2.05, 4.69) is 0 Å². The molecular formula is C13H22NO5+. The molecule has 6 nitrogen and oxygen atoms in total. The third-order valence-electron chi connectivity index (χ3n) is 4.19. The quantitative estimate of drug-likeness (QED) is 0.569. The van der Waals surface area contributed by atoms with Crippen LogP contribution in [0.5, 0.6) is 0 Å². The van der Waals surface area contributed by atoms with Gasteiger partial charge in [0.05, 0.1) is 26.7 Å². The number of ether oxygens (including phenoxy) is 3. The number of methoxy groups -OCH3 is 1. The average Bonchev–Trinajstić information content (AvgIpc) is 2.81. The molecule has 0 atom stereocenters. The van der Waals surface area contributed by atoms with E-state index in [-0.39, 0.29) is 17.8 Å². The Morgan fingerprint density at radius 3 is 2.26 bits per heavy atom. The van der Waals surface area contributed by atoms with Crippen molar-refractivity contribution in [1.82, 2.24) is 0 Å². The summed E-state index contributed by atoms with van der Waals surface area (Å²) in [7, 11) is 2.87. The summed E-state index contributed by atoms with van der Waals surface area (Å²) >= 11 is 0. The van der Waals surface area contributed by atoms with Crippen molar-refractivity contribution >= 4 is 5.97 Å². The second kappa shape index (κ2) is 5.54. The van der Waals surface area contributed by atoms with E-state index in [1.54, 1.807) is 0 Å². The molecule has 1 heterocycles. The number of nitroso groups, excluding NO2 is 1. The van der Waals surface area contributed by atoms with Gasteiger partial charge in [-0.2, -0.15) is 0 Å². The fourth-order valence-electron chi connectivity index (χ4n) is 3.19. The van der Waals surface area contributed by atoms with Crippen LogP contribution in [0.1, 0.15) is 32.1 Å². The summed E-state index contributed by atoms with van der Waals surface area (Å²) in [4.78, 5) is 23.0. The number of esters is 1. The Balaban J connectivity index is 2.04. The van der Waals surface area contributed by atoms with Crippen molar-refractivity contribution in [3.63, 3.8) is 0 Å². The normalized spacial score (nSPS) is 24.3. The third-order valence-corrected chi connectivity index (χ3v) is 4.19. The molecule has 0 radical (unpaired) electrons. The van der Waals surface area contributed by atoms with E-state index in [1.807, 2.05) is 0 Å². The summed E-state index contributed by atoms with van der Waals surface area (Å²) in [5, 5.41) is 0. The van der Waals surface area contributed by atoms with Crippen molar-refractivity contribution in [1.29, 1.82) is 0 Å². The van der Waals surface area contributed by atoms with Gasteiger partial charge in [-0.25, -0.2) is 0 Å². The number of nitrogens with zero attached hydrogens (tertiary/aromatic N) is 1. The van der Waals surface area contributed by atoms with Crippen LogP contribution in [-0.2, 0) is 19.0 Å². The van der Waals surface area contributed by atoms with Crippen LogP contribution >= 0.6 is 0 Å². The highest BCUT2D eigenvalue weighted by Gasteiger charge is 2.49. The molecule has 0 aromatic heterocycles. The van der Waals surface area contributed by atoms with Crippen LogP contribution in [0.3, 0.4) is 0 Å². The fraction of sp³-hybridized carbons (Fsp3) is 0.923. The first-order valence-corrected chi connectivity index (χ1v) is 6.72. The van der Waals surface area contributed by atoms with E-state index in [0.29, 0.717) is 19.8 Å². The minimum absolute atomic E-state index is 0.258. The van der Waals surface area contributed by atoms with Crippen LogP contribution in [0.2, 0.25) is 0 Å². The Morgan fingerprint density at radius 1 is 1.21 bits per heavy atom. The molecule has 0 N–H and O–H groups in total. The summed E-state index contributed by atoms with van der Waals surface area (Å²) in [6.45, 7) is 1.61. The van der Waals surface area contributed by atoms with E-state index in [0.717, 1.165) is 30.4 Å². The van der Waals surface area contributed by atoms with Crippen molar-refractivity contribution < 1.29 is 23.8 Å². The van der Waals surface area contributed by atoms with Gasteiger partial charge in [0.2, 0.25) is 0 Å². The van der Waals surface area contributed by atoms with Gasteiger partial charge < -0.3 is 14.2 Å². The molecule has 1 saturated heterocycles. The summed E-state index contributed by atoms with van der Waals surface area (Å²) in [5.41, 5.74) is -0.315. The Labute approximate surface area is 113 Å². The molecule has 1 saturated carbocycles. The lowest BCUT2D eigenvalue weighted by molar-refractivity contribution is -0.536. The zero-order valence-corrected chi connectivity index (χ0v) is 11.6. The molecule has 0 aromatic rings. The molecule has 0 aromatic carbocycles. The molecule has 1 spiro atoms. The molecule has 2 aliphatic rings. The van der Waals surface area contributed by atoms with Crippen LogP contribution in [0.25, 0.3) is 0 Å². The molecule has 2 rings (SSSR count). The van der Waals surface area contributed by atoms with Crippen molar-refractivity contribution in [3.05, 3.63) is 4.91 Å². The molecule has 0 amide bonds. The van der Waals surface area contributed by atoms with Gasteiger partial charge in [-0.15, -0.1) is 0 Å². The zero-order valence-electron chi connectivity index (χ0n) is 11.6. The minimum atomic E-state index is -0.471. The molecule has 19 heavy (non-hydrogen) atoms. The maximum atomic E-state index is 11.6. The van der Waals surface area contributed by atoms with E-state index in [1.165, 1.54) is 14.2 Å². The largest absolute Gasteiger partial charge is 0.469 e. The summed E-state index contributed by atoms with van der Waals surface area (Å²) in [6, 6.07) is 0. The molecule has 1 aliphatic carbocycles. The lowest BCUT2D eigenvalue weighted by Crippen LogP contribution is -2.44. The molecule has 0 unspecified atom stereocenters. The van der Waals surface area contributed by atoms with Gasteiger partial charge >= 0.3 is 5.97 Å². The smallest absolute Gasteiger partial charge is 0.306 e. The van der Waals surface area contributed by atoms with E-state index < -0.39 is 5.79 Å². The predicted octanol–water partition coefficient (Wildman–Crippen LogP) is 1.26. The van der Waals surface area contributed by atoms with Gasteiger partial charge in [0, 0.05) is 23.2 Å². The van der Waals surface area contributed by atoms with E-state index in [4.69, 9.17) is 14.2 Å². The Kier molecular flexibility index (Phi) is 4.20. The average molecular weight is 272 g/mol. The third kappa shape index (κ3) is 3.30. The van der Waals surface area contributed by atoms with E-state index in [9.17, 15) is 9.70 Å². The highest BCUT2D eigenvalue weighted by molar-refractivity contribution is 5.70. The van der Waals surface area contributed by atoms with Crippen LogP contribution < -0.4 is 0 Å². The summed E-state index contributed by atoms with van der Waals surface area (Å²) in [6.07, 6.45) is 3.24. The van der Waals surface area contributed by atoms with Gasteiger partial charge in [0.25, 0.3) is 0 Å². The zero-order chi connectivity index (χ0) is 13.9. The lowest BCUT2D eigenvalue weighted by Gasteiger charge is -2.40.